The summed E-state index contributed by atoms with van der Waals surface area (Å²) in [6.45, 7) is 4.33. The van der Waals surface area contributed by atoms with Crippen LogP contribution in [0.4, 0.5) is 5.69 Å². The molecular weight excluding hydrogens is 248 g/mol. The molecule has 1 aliphatic carbocycles. The van der Waals surface area contributed by atoms with Crippen LogP contribution in [0.1, 0.15) is 38.2 Å². The summed E-state index contributed by atoms with van der Waals surface area (Å²) in [4.78, 5) is 2.47. The van der Waals surface area contributed by atoms with Gasteiger partial charge in [-0.15, -0.1) is 0 Å². The van der Waals surface area contributed by atoms with Crippen molar-refractivity contribution in [2.24, 2.45) is 0 Å². The zero-order chi connectivity index (χ0) is 14.0. The van der Waals surface area contributed by atoms with Crippen LogP contribution in [-0.4, -0.2) is 36.4 Å². The average molecular weight is 274 g/mol. The lowest BCUT2D eigenvalue weighted by molar-refractivity contribution is 0.176. The van der Waals surface area contributed by atoms with Gasteiger partial charge in [-0.2, -0.15) is 0 Å². The second-order valence-electron chi connectivity index (χ2n) is 6.64. The fourth-order valence-corrected chi connectivity index (χ4v) is 3.22. The molecule has 1 aliphatic heterocycles. The summed E-state index contributed by atoms with van der Waals surface area (Å²) in [6.07, 6.45) is 6.19. The van der Waals surface area contributed by atoms with Crippen molar-refractivity contribution in [2.45, 2.75) is 50.6 Å². The first-order valence-electron chi connectivity index (χ1n) is 7.92. The summed E-state index contributed by atoms with van der Waals surface area (Å²) in [5.74, 6) is 0. The third-order valence-electron chi connectivity index (χ3n) is 4.48. The van der Waals surface area contributed by atoms with Gasteiger partial charge in [-0.05, 0) is 50.7 Å². The Labute approximate surface area is 122 Å². The van der Waals surface area contributed by atoms with E-state index in [9.17, 15) is 5.11 Å². The van der Waals surface area contributed by atoms with Crippen LogP contribution in [0, 0.1) is 0 Å². The second kappa shape index (κ2) is 5.74. The van der Waals surface area contributed by atoms with Crippen LogP contribution < -0.4 is 10.2 Å². The Morgan fingerprint density at radius 2 is 2.10 bits per heavy atom. The quantitative estimate of drug-likeness (QED) is 0.865. The number of aliphatic hydroxyl groups excluding tert-OH is 1. The van der Waals surface area contributed by atoms with E-state index >= 15 is 0 Å². The van der Waals surface area contributed by atoms with Crippen LogP contribution in [0.5, 0.6) is 0 Å². The second-order valence-corrected chi connectivity index (χ2v) is 6.64. The van der Waals surface area contributed by atoms with E-state index < -0.39 is 0 Å². The Hall–Kier alpha value is -1.06. The van der Waals surface area contributed by atoms with Crippen molar-refractivity contribution in [2.75, 3.05) is 24.6 Å². The summed E-state index contributed by atoms with van der Waals surface area (Å²) in [6, 6.07) is 9.36. The molecule has 2 N–H and O–H groups in total. The highest BCUT2D eigenvalue weighted by Gasteiger charge is 2.34. The molecule has 0 amide bonds. The number of fused-ring (bicyclic) bond motifs is 1. The predicted molar refractivity (Wildman–Crippen MR) is 83.2 cm³/mol. The number of hydrogen-bond acceptors (Lipinski definition) is 3. The molecule has 3 heteroatoms. The van der Waals surface area contributed by atoms with E-state index in [2.05, 4.69) is 41.4 Å². The summed E-state index contributed by atoms with van der Waals surface area (Å²) in [7, 11) is 0. The lowest BCUT2D eigenvalue weighted by atomic mass is 10.0. The fourth-order valence-electron chi connectivity index (χ4n) is 3.22. The highest BCUT2D eigenvalue weighted by atomic mass is 16.3. The molecule has 0 radical (unpaired) electrons. The molecule has 0 saturated heterocycles. The molecule has 0 bridgehead atoms. The first-order chi connectivity index (χ1) is 9.70. The molecule has 2 aliphatic rings. The number of hydrogen-bond donors (Lipinski definition) is 2. The number of rotatable bonds is 5. The molecule has 1 fully saturated rings. The van der Waals surface area contributed by atoms with E-state index in [1.165, 1.54) is 43.4 Å². The van der Waals surface area contributed by atoms with Gasteiger partial charge in [0.15, 0.2) is 0 Å². The van der Waals surface area contributed by atoms with Crippen LogP contribution >= 0.6 is 0 Å². The molecule has 3 nitrogen and oxygen atoms in total. The maximum Gasteiger partial charge on any atom is 0.0628 e. The van der Waals surface area contributed by atoms with Crippen LogP contribution in [0.2, 0.25) is 0 Å². The smallest absolute Gasteiger partial charge is 0.0628 e. The Kier molecular flexibility index (Phi) is 3.99. The Bertz CT molecular complexity index is 458. The molecule has 1 aromatic rings. The molecule has 1 unspecified atom stereocenters. The zero-order valence-corrected chi connectivity index (χ0v) is 12.4. The van der Waals surface area contributed by atoms with Gasteiger partial charge in [0.1, 0.15) is 0 Å². The number of para-hydroxylation sites is 1. The normalized spacial score (nSPS) is 22.0. The van der Waals surface area contributed by atoms with Gasteiger partial charge >= 0.3 is 0 Å². The van der Waals surface area contributed by atoms with E-state index in [0.29, 0.717) is 6.04 Å². The molecule has 1 heterocycles. The Morgan fingerprint density at radius 1 is 1.30 bits per heavy atom. The van der Waals surface area contributed by atoms with Gasteiger partial charge in [-0.25, -0.2) is 0 Å². The molecular formula is C17H26N2O. The third kappa shape index (κ3) is 3.15. The van der Waals surface area contributed by atoms with E-state index in [4.69, 9.17) is 0 Å². The van der Waals surface area contributed by atoms with E-state index in [-0.39, 0.29) is 12.1 Å². The molecule has 110 valence electrons. The van der Waals surface area contributed by atoms with Gasteiger partial charge in [-0.1, -0.05) is 18.2 Å². The van der Waals surface area contributed by atoms with Crippen molar-refractivity contribution in [3.05, 3.63) is 29.8 Å². The summed E-state index contributed by atoms with van der Waals surface area (Å²) < 4.78 is 0. The Morgan fingerprint density at radius 3 is 2.85 bits per heavy atom. The van der Waals surface area contributed by atoms with Gasteiger partial charge in [0.2, 0.25) is 0 Å². The lowest BCUT2D eigenvalue weighted by Crippen LogP contribution is -2.55. The molecule has 0 spiro atoms. The maximum absolute atomic E-state index is 9.82. The Balaban J connectivity index is 1.78. The number of nitrogens with one attached hydrogen (secondary N) is 1. The van der Waals surface area contributed by atoms with Crippen LogP contribution in [0.25, 0.3) is 0 Å². The fraction of sp³-hybridized carbons (Fsp3) is 0.647. The molecule has 1 aromatic carbocycles. The summed E-state index contributed by atoms with van der Waals surface area (Å²) >= 11 is 0. The van der Waals surface area contributed by atoms with Gasteiger partial charge < -0.3 is 15.3 Å². The number of aryl methyl sites for hydroxylation is 1. The highest BCUT2D eigenvalue weighted by Crippen LogP contribution is 2.29. The minimum Gasteiger partial charge on any atom is -0.394 e. The monoisotopic (exact) mass is 274 g/mol. The molecule has 1 saturated carbocycles. The van der Waals surface area contributed by atoms with Crippen molar-refractivity contribution in [3.8, 4) is 0 Å². The van der Waals surface area contributed by atoms with Gasteiger partial charge in [0.05, 0.1) is 12.1 Å². The number of anilines is 1. The number of benzene rings is 1. The largest absolute Gasteiger partial charge is 0.394 e. The van der Waals surface area contributed by atoms with E-state index in [1.54, 1.807) is 0 Å². The SMILES string of the molecule is CC(CO)(CN1CCCCc2ccccc21)NC1CC1. The summed E-state index contributed by atoms with van der Waals surface area (Å²) in [5, 5.41) is 13.4. The van der Waals surface area contributed by atoms with Crippen LogP contribution in [0.3, 0.4) is 0 Å². The van der Waals surface area contributed by atoms with Crippen LogP contribution in [-0.2, 0) is 6.42 Å². The van der Waals surface area contributed by atoms with Gasteiger partial charge in [0, 0.05) is 24.8 Å². The maximum atomic E-state index is 9.82. The molecule has 1 atom stereocenters. The standard InChI is InChI=1S/C17H26N2O/c1-17(13-20,18-15-9-10-15)12-19-11-5-4-7-14-6-2-3-8-16(14)19/h2-3,6,8,15,18,20H,4-5,7,9-13H2,1H3. The van der Waals surface area contributed by atoms with Crippen LogP contribution in [0.15, 0.2) is 24.3 Å². The first kappa shape index (κ1) is 13.9. The van der Waals surface area contributed by atoms with Crippen molar-refractivity contribution in [1.29, 1.82) is 0 Å². The van der Waals surface area contributed by atoms with Crippen molar-refractivity contribution in [1.82, 2.24) is 5.32 Å². The highest BCUT2D eigenvalue weighted by molar-refractivity contribution is 5.54. The lowest BCUT2D eigenvalue weighted by Gasteiger charge is -2.36. The van der Waals surface area contributed by atoms with Gasteiger partial charge in [0.25, 0.3) is 0 Å². The minimum atomic E-state index is -0.196. The van der Waals surface area contributed by atoms with Crippen molar-refractivity contribution < 1.29 is 5.11 Å². The minimum absolute atomic E-state index is 0.196. The zero-order valence-electron chi connectivity index (χ0n) is 12.4. The first-order valence-corrected chi connectivity index (χ1v) is 7.92. The third-order valence-corrected chi connectivity index (χ3v) is 4.48. The van der Waals surface area contributed by atoms with E-state index in [0.717, 1.165) is 13.1 Å². The topological polar surface area (TPSA) is 35.5 Å². The predicted octanol–water partition coefficient (Wildman–Crippen LogP) is 2.33. The van der Waals surface area contributed by atoms with E-state index in [1.807, 2.05) is 0 Å². The summed E-state index contributed by atoms with van der Waals surface area (Å²) in [5.41, 5.74) is 2.62. The molecule has 3 rings (SSSR count). The average Bonchev–Trinajstić information content (AvgIpc) is 3.27. The van der Waals surface area contributed by atoms with Gasteiger partial charge in [-0.3, -0.25) is 0 Å². The molecule has 20 heavy (non-hydrogen) atoms. The number of aliphatic hydroxyl groups is 1. The number of nitrogens with zero attached hydrogens (tertiary/aromatic N) is 1. The van der Waals surface area contributed by atoms with Crippen molar-refractivity contribution >= 4 is 5.69 Å². The van der Waals surface area contributed by atoms with Crippen molar-refractivity contribution in [3.63, 3.8) is 0 Å². The molecule has 0 aromatic heterocycles.